The summed E-state index contributed by atoms with van der Waals surface area (Å²) in [5, 5.41) is 15.0. The molecule has 0 aliphatic carbocycles. The summed E-state index contributed by atoms with van der Waals surface area (Å²) in [7, 11) is 1.68. The van der Waals surface area contributed by atoms with E-state index in [-0.39, 0.29) is 0 Å². The van der Waals surface area contributed by atoms with Crippen molar-refractivity contribution in [2.24, 2.45) is 0 Å². The fraction of sp³-hybridized carbons (Fsp3) is 0.304. The van der Waals surface area contributed by atoms with Crippen LogP contribution in [0.3, 0.4) is 0 Å². The van der Waals surface area contributed by atoms with Crippen molar-refractivity contribution in [1.82, 2.24) is 30.2 Å². The Morgan fingerprint density at radius 1 is 1.06 bits per heavy atom. The molecule has 0 fully saturated rings. The van der Waals surface area contributed by atoms with E-state index in [4.69, 9.17) is 16.3 Å². The maximum absolute atomic E-state index is 6.41. The molecule has 0 spiro atoms. The molecule has 31 heavy (non-hydrogen) atoms. The van der Waals surface area contributed by atoms with Gasteiger partial charge in [0.15, 0.2) is 5.15 Å². The van der Waals surface area contributed by atoms with E-state index in [1.165, 1.54) is 5.56 Å². The van der Waals surface area contributed by atoms with Gasteiger partial charge in [-0.1, -0.05) is 73.5 Å². The summed E-state index contributed by atoms with van der Waals surface area (Å²) in [6, 6.07) is 16.6. The largest absolute Gasteiger partial charge is 0.378 e. The smallest absolute Gasteiger partial charge is 0.205 e. The maximum Gasteiger partial charge on any atom is 0.205 e. The van der Waals surface area contributed by atoms with Gasteiger partial charge >= 0.3 is 0 Å². The number of nitrogens with zero attached hydrogens (tertiary/aromatic N) is 5. The predicted molar refractivity (Wildman–Crippen MR) is 121 cm³/mol. The summed E-state index contributed by atoms with van der Waals surface area (Å²) < 4.78 is 7.55. The number of methoxy groups -OCH3 is 1. The monoisotopic (exact) mass is 435 g/mol. The van der Waals surface area contributed by atoms with E-state index >= 15 is 0 Å². The van der Waals surface area contributed by atoms with Crippen molar-refractivity contribution in [3.8, 4) is 22.5 Å². The Morgan fingerprint density at radius 3 is 2.52 bits per heavy atom. The molecule has 2 aromatic heterocycles. The van der Waals surface area contributed by atoms with Crippen LogP contribution < -0.4 is 0 Å². The van der Waals surface area contributed by atoms with Gasteiger partial charge in [0.25, 0.3) is 0 Å². The summed E-state index contributed by atoms with van der Waals surface area (Å²) in [5.74, 6) is 1.59. The van der Waals surface area contributed by atoms with Crippen LogP contribution in [0.1, 0.15) is 36.8 Å². The van der Waals surface area contributed by atoms with E-state index in [0.717, 1.165) is 47.5 Å². The van der Waals surface area contributed by atoms with Crippen LogP contribution in [0.4, 0.5) is 0 Å². The summed E-state index contributed by atoms with van der Waals surface area (Å²) in [6.45, 7) is 3.31. The third kappa shape index (κ3) is 4.68. The molecule has 0 aliphatic rings. The average molecular weight is 436 g/mol. The standard InChI is InChI=1S/C23H25ClN6O/c1-3-4-9-21-25-22(24)20(15-31-2)30(21)14-16-10-12-17(13-11-16)18-7-5-6-8-19(18)23-26-28-29-27-23/h5-8,10-13H,3-4,9,14-15H2,1-2H3,(H,26,27,28,29)/i2-1. The fourth-order valence-corrected chi connectivity index (χ4v) is 3.92. The van der Waals surface area contributed by atoms with Crippen LogP contribution in [0, 0.1) is 0 Å². The molecule has 0 atom stereocenters. The Kier molecular flexibility index (Phi) is 6.74. The summed E-state index contributed by atoms with van der Waals surface area (Å²) in [5.41, 5.74) is 5.18. The number of rotatable bonds is 9. The molecule has 0 bridgehead atoms. The second-order valence-corrected chi connectivity index (χ2v) is 7.72. The minimum absolute atomic E-state index is 0.439. The molecule has 0 saturated carbocycles. The highest BCUT2D eigenvalue weighted by Gasteiger charge is 2.16. The fourth-order valence-electron chi connectivity index (χ4n) is 3.67. The average Bonchev–Trinajstić information content (AvgIpc) is 3.43. The van der Waals surface area contributed by atoms with E-state index in [9.17, 15) is 0 Å². The van der Waals surface area contributed by atoms with Gasteiger partial charge < -0.3 is 9.30 Å². The molecule has 4 rings (SSSR count). The Balaban J connectivity index is 1.62. The predicted octanol–water partition coefficient (Wildman–Crippen LogP) is 4.92. The van der Waals surface area contributed by atoms with Crippen LogP contribution in [-0.2, 0) is 24.3 Å². The van der Waals surface area contributed by atoms with E-state index in [0.29, 0.717) is 24.1 Å². The second-order valence-electron chi connectivity index (χ2n) is 7.37. The van der Waals surface area contributed by atoms with Gasteiger partial charge in [-0.25, -0.2) is 4.98 Å². The summed E-state index contributed by atoms with van der Waals surface area (Å²) >= 11 is 6.41. The number of aromatic amines is 1. The number of ether oxygens (including phenoxy) is 1. The molecule has 0 aliphatic heterocycles. The molecule has 8 heteroatoms. The Bertz CT molecular complexity index is 1120. The lowest BCUT2D eigenvalue weighted by atomic mass is 9.98. The molecule has 1 N–H and O–H groups in total. The van der Waals surface area contributed by atoms with Crippen molar-refractivity contribution in [1.29, 1.82) is 0 Å². The molecule has 0 saturated heterocycles. The molecule has 0 radical (unpaired) electrons. The van der Waals surface area contributed by atoms with Crippen LogP contribution in [0.15, 0.2) is 48.5 Å². The molecule has 4 aromatic rings. The van der Waals surface area contributed by atoms with Gasteiger partial charge in [-0.15, -0.1) is 10.2 Å². The lowest BCUT2D eigenvalue weighted by molar-refractivity contribution is 0.178. The third-order valence-corrected chi connectivity index (χ3v) is 5.56. The third-order valence-electron chi connectivity index (χ3n) is 5.26. The number of aryl methyl sites for hydroxylation is 1. The van der Waals surface area contributed by atoms with Crippen molar-refractivity contribution >= 4 is 11.6 Å². The second kappa shape index (κ2) is 9.85. The molecule has 7 nitrogen and oxygen atoms in total. The highest BCUT2D eigenvalue weighted by molar-refractivity contribution is 6.30. The summed E-state index contributed by atoms with van der Waals surface area (Å²) in [6.07, 6.45) is 3.08. The van der Waals surface area contributed by atoms with Crippen molar-refractivity contribution in [3.63, 3.8) is 0 Å². The first-order chi connectivity index (χ1) is 15.2. The lowest BCUT2D eigenvalue weighted by Crippen LogP contribution is -2.10. The Hall–Kier alpha value is -3.03. The normalized spacial score (nSPS) is 11.2. The van der Waals surface area contributed by atoms with Crippen molar-refractivity contribution in [2.45, 2.75) is 39.3 Å². The van der Waals surface area contributed by atoms with Crippen LogP contribution in [-0.4, -0.2) is 37.3 Å². The lowest BCUT2D eigenvalue weighted by Gasteiger charge is -2.13. The maximum atomic E-state index is 6.41. The van der Waals surface area contributed by atoms with E-state index in [1.807, 2.05) is 18.2 Å². The molecule has 2 heterocycles. The molecule has 160 valence electrons. The molecule has 0 amide bonds. The van der Waals surface area contributed by atoms with Crippen LogP contribution in [0.2, 0.25) is 5.15 Å². The number of hydrogen-bond acceptors (Lipinski definition) is 5. The van der Waals surface area contributed by atoms with Crippen LogP contribution >= 0.6 is 11.6 Å². The zero-order chi connectivity index (χ0) is 21.6. The number of hydrogen-bond donors (Lipinski definition) is 1. The number of benzene rings is 2. The zero-order valence-corrected chi connectivity index (χ0v) is 18.4. The number of unbranched alkanes of at least 4 members (excludes halogenated alkanes) is 1. The first kappa shape index (κ1) is 21.2. The van der Waals surface area contributed by atoms with Crippen LogP contribution in [0.5, 0.6) is 0 Å². The highest BCUT2D eigenvalue weighted by Crippen LogP contribution is 2.30. The van der Waals surface area contributed by atoms with Gasteiger partial charge in [-0.05, 0) is 28.3 Å². The van der Waals surface area contributed by atoms with Gasteiger partial charge in [0.05, 0.1) is 12.3 Å². The van der Waals surface area contributed by atoms with E-state index in [2.05, 4.69) is 67.4 Å². The number of halogens is 1. The molecule has 2 aromatic carbocycles. The SMILES string of the molecule is CCCCc1nc(Cl)c(CO[11CH3])n1Cc1ccc(-c2ccccc2-c2nn[nH]n2)cc1. The quantitative estimate of drug-likeness (QED) is 0.403. The van der Waals surface area contributed by atoms with Gasteiger partial charge in [-0.3, -0.25) is 0 Å². The minimum Gasteiger partial charge on any atom is -0.378 e. The number of aromatic nitrogens is 6. The van der Waals surface area contributed by atoms with Crippen molar-refractivity contribution in [2.75, 3.05) is 7.11 Å². The first-order valence-electron chi connectivity index (χ1n) is 10.4. The number of tetrazole rings is 1. The topological polar surface area (TPSA) is 81.5 Å². The molecule has 0 unspecified atom stereocenters. The van der Waals surface area contributed by atoms with E-state index in [1.54, 1.807) is 7.11 Å². The zero-order valence-electron chi connectivity index (χ0n) is 17.7. The van der Waals surface area contributed by atoms with Gasteiger partial charge in [0.1, 0.15) is 5.82 Å². The van der Waals surface area contributed by atoms with Crippen molar-refractivity contribution < 1.29 is 4.74 Å². The van der Waals surface area contributed by atoms with E-state index < -0.39 is 0 Å². The van der Waals surface area contributed by atoms with Gasteiger partial charge in [0, 0.05) is 25.6 Å². The number of H-pyrrole nitrogens is 1. The number of imidazole rings is 1. The Labute approximate surface area is 186 Å². The van der Waals surface area contributed by atoms with Gasteiger partial charge in [0.2, 0.25) is 5.82 Å². The number of nitrogens with one attached hydrogen (secondary N) is 1. The minimum atomic E-state index is 0.439. The van der Waals surface area contributed by atoms with Crippen LogP contribution in [0.25, 0.3) is 22.5 Å². The Morgan fingerprint density at radius 2 is 1.84 bits per heavy atom. The highest BCUT2D eigenvalue weighted by atomic mass is 35.5. The molecular formula is C23H25ClN6O. The van der Waals surface area contributed by atoms with Gasteiger partial charge in [-0.2, -0.15) is 5.21 Å². The molecular weight excluding hydrogens is 411 g/mol. The first-order valence-corrected chi connectivity index (χ1v) is 10.7. The van der Waals surface area contributed by atoms with Crippen molar-refractivity contribution in [3.05, 3.63) is 70.8 Å². The summed E-state index contributed by atoms with van der Waals surface area (Å²) in [4.78, 5) is 4.59.